The Hall–Kier alpha value is -1.06. The third-order valence-electron chi connectivity index (χ3n) is 5.66. The summed E-state index contributed by atoms with van der Waals surface area (Å²) in [4.78, 5) is 6.86. The number of rotatable bonds is 10. The van der Waals surface area contributed by atoms with Crippen LogP contribution < -0.4 is 15.4 Å². The molecule has 1 aromatic carbocycles. The van der Waals surface area contributed by atoms with Gasteiger partial charge in [0.25, 0.3) is 0 Å². The molecule has 0 spiro atoms. The summed E-state index contributed by atoms with van der Waals surface area (Å²) < 4.78 is 10.4. The molecule has 1 saturated heterocycles. The first-order valence-corrected chi connectivity index (χ1v) is 10.5. The van der Waals surface area contributed by atoms with Gasteiger partial charge in [0.1, 0.15) is 5.75 Å². The van der Waals surface area contributed by atoms with Crippen molar-refractivity contribution in [3.8, 4) is 5.75 Å². The molecule has 1 aromatic rings. The second kappa shape index (κ2) is 14.8. The van der Waals surface area contributed by atoms with Crippen LogP contribution in [0.25, 0.3) is 0 Å². The molecule has 29 heavy (non-hydrogen) atoms. The zero-order chi connectivity index (χ0) is 20.2. The molecule has 1 aliphatic rings. The second-order valence-electron chi connectivity index (χ2n) is 7.62. The molecule has 0 aromatic heterocycles. The molecule has 2 N–H and O–H groups in total. The van der Waals surface area contributed by atoms with Crippen LogP contribution in [0.15, 0.2) is 29.3 Å². The van der Waals surface area contributed by atoms with E-state index in [1.165, 1.54) is 31.5 Å². The number of ether oxygens (including phenoxy) is 2. The van der Waals surface area contributed by atoms with Crippen molar-refractivity contribution in [3.63, 3.8) is 0 Å². The lowest BCUT2D eigenvalue weighted by atomic mass is 9.97. The Bertz CT molecular complexity index is 575. The zero-order valence-electron chi connectivity index (χ0n) is 18.4. The number of guanidine groups is 1. The van der Waals surface area contributed by atoms with Crippen LogP contribution in [0, 0.1) is 5.92 Å². The standard InChI is InChI=1S/C22H38N4O2.HI/c1-18(20-5-7-21(28-4)8-6-20)9-12-24-22(23-2)25-17-19-10-13-26(14-11-19)15-16-27-3;/h5-8,18-19H,9-17H2,1-4H3,(H2,23,24,25);1H. The second-order valence-corrected chi connectivity index (χ2v) is 7.62. The van der Waals surface area contributed by atoms with Gasteiger partial charge in [-0.05, 0) is 61.9 Å². The molecule has 7 heteroatoms. The number of likely N-dealkylation sites (tertiary alicyclic amines) is 1. The Morgan fingerprint density at radius 3 is 2.45 bits per heavy atom. The van der Waals surface area contributed by atoms with Crippen molar-refractivity contribution >= 4 is 29.9 Å². The SMILES string of the molecule is CN=C(NCCC(C)c1ccc(OC)cc1)NCC1CCN(CCOC)CC1.I. The highest BCUT2D eigenvalue weighted by molar-refractivity contribution is 14.0. The molecule has 0 bridgehead atoms. The largest absolute Gasteiger partial charge is 0.497 e. The number of nitrogens with one attached hydrogen (secondary N) is 2. The van der Waals surface area contributed by atoms with Crippen LogP contribution in [0.4, 0.5) is 0 Å². The lowest BCUT2D eigenvalue weighted by molar-refractivity contribution is 0.121. The van der Waals surface area contributed by atoms with E-state index in [1.54, 1.807) is 14.2 Å². The number of methoxy groups -OCH3 is 2. The highest BCUT2D eigenvalue weighted by Gasteiger charge is 2.19. The molecule has 2 rings (SSSR count). The van der Waals surface area contributed by atoms with Gasteiger partial charge in [0.15, 0.2) is 5.96 Å². The maximum atomic E-state index is 5.23. The fraction of sp³-hybridized carbons (Fsp3) is 0.682. The van der Waals surface area contributed by atoms with Crippen molar-refractivity contribution in [1.29, 1.82) is 0 Å². The van der Waals surface area contributed by atoms with Gasteiger partial charge in [-0.3, -0.25) is 4.99 Å². The van der Waals surface area contributed by atoms with Crippen molar-refractivity contribution in [2.45, 2.75) is 32.1 Å². The van der Waals surface area contributed by atoms with Crippen LogP contribution in [0.3, 0.4) is 0 Å². The minimum Gasteiger partial charge on any atom is -0.497 e. The van der Waals surface area contributed by atoms with Crippen molar-refractivity contribution in [3.05, 3.63) is 29.8 Å². The van der Waals surface area contributed by atoms with E-state index >= 15 is 0 Å². The summed E-state index contributed by atoms with van der Waals surface area (Å²) in [5.74, 6) is 3.02. The van der Waals surface area contributed by atoms with Crippen LogP contribution in [0.2, 0.25) is 0 Å². The quantitative estimate of drug-likeness (QED) is 0.283. The zero-order valence-corrected chi connectivity index (χ0v) is 20.8. The summed E-state index contributed by atoms with van der Waals surface area (Å²) in [6.45, 7) is 8.37. The van der Waals surface area contributed by atoms with Gasteiger partial charge in [-0.25, -0.2) is 0 Å². The number of benzene rings is 1. The van der Waals surface area contributed by atoms with Crippen LogP contribution >= 0.6 is 24.0 Å². The van der Waals surface area contributed by atoms with Gasteiger partial charge in [0, 0.05) is 33.8 Å². The van der Waals surface area contributed by atoms with Gasteiger partial charge in [-0.2, -0.15) is 0 Å². The number of hydrogen-bond acceptors (Lipinski definition) is 4. The Morgan fingerprint density at radius 2 is 1.86 bits per heavy atom. The van der Waals surface area contributed by atoms with Crippen LogP contribution in [-0.4, -0.2) is 71.5 Å². The van der Waals surface area contributed by atoms with Gasteiger partial charge >= 0.3 is 0 Å². The molecule has 0 saturated carbocycles. The van der Waals surface area contributed by atoms with Crippen LogP contribution in [0.5, 0.6) is 5.75 Å². The number of piperidine rings is 1. The lowest BCUT2D eigenvalue weighted by Gasteiger charge is -2.32. The molecule has 1 unspecified atom stereocenters. The Labute approximate surface area is 193 Å². The third-order valence-corrected chi connectivity index (χ3v) is 5.66. The molecule has 0 radical (unpaired) electrons. The summed E-state index contributed by atoms with van der Waals surface area (Å²) in [5, 5.41) is 6.96. The monoisotopic (exact) mass is 518 g/mol. The highest BCUT2D eigenvalue weighted by atomic mass is 127. The van der Waals surface area contributed by atoms with Gasteiger partial charge in [-0.1, -0.05) is 19.1 Å². The predicted molar refractivity (Wildman–Crippen MR) is 132 cm³/mol. The Balaban J connectivity index is 0.00000420. The lowest BCUT2D eigenvalue weighted by Crippen LogP contribution is -2.43. The summed E-state index contributed by atoms with van der Waals surface area (Å²) in [6, 6.07) is 8.35. The summed E-state index contributed by atoms with van der Waals surface area (Å²) in [5.41, 5.74) is 1.34. The summed E-state index contributed by atoms with van der Waals surface area (Å²) >= 11 is 0. The van der Waals surface area contributed by atoms with E-state index in [9.17, 15) is 0 Å². The first-order chi connectivity index (χ1) is 13.7. The minimum atomic E-state index is 0. The maximum absolute atomic E-state index is 5.23. The molecule has 1 fully saturated rings. The summed E-state index contributed by atoms with van der Waals surface area (Å²) in [6.07, 6.45) is 3.54. The van der Waals surface area contributed by atoms with Gasteiger partial charge in [0.05, 0.1) is 13.7 Å². The smallest absolute Gasteiger partial charge is 0.190 e. The first-order valence-electron chi connectivity index (χ1n) is 10.5. The fourth-order valence-corrected chi connectivity index (χ4v) is 3.60. The normalized spacial score (nSPS) is 16.8. The molecule has 6 nitrogen and oxygen atoms in total. The Morgan fingerprint density at radius 1 is 1.17 bits per heavy atom. The number of hydrogen-bond donors (Lipinski definition) is 2. The fourth-order valence-electron chi connectivity index (χ4n) is 3.60. The van der Waals surface area contributed by atoms with Crippen LogP contribution in [-0.2, 0) is 4.74 Å². The molecule has 1 atom stereocenters. The first kappa shape index (κ1) is 26.0. The van der Waals surface area contributed by atoms with Gasteiger partial charge in [0.2, 0.25) is 0 Å². The van der Waals surface area contributed by atoms with E-state index in [2.05, 4.69) is 39.6 Å². The molecule has 1 aliphatic heterocycles. The van der Waals surface area contributed by atoms with Gasteiger partial charge < -0.3 is 25.0 Å². The van der Waals surface area contributed by atoms with E-state index in [1.807, 2.05) is 19.2 Å². The predicted octanol–water partition coefficient (Wildman–Crippen LogP) is 3.33. The highest BCUT2D eigenvalue weighted by Crippen LogP contribution is 2.21. The number of aliphatic imine (C=N–C) groups is 1. The van der Waals surface area contributed by atoms with E-state index in [0.29, 0.717) is 5.92 Å². The minimum absolute atomic E-state index is 0. The topological polar surface area (TPSA) is 58.1 Å². The molecule has 0 aliphatic carbocycles. The molecular formula is C22H39IN4O2. The number of halogens is 1. The van der Waals surface area contributed by atoms with Crippen LogP contribution in [0.1, 0.15) is 37.7 Å². The van der Waals surface area contributed by atoms with E-state index in [4.69, 9.17) is 9.47 Å². The molecule has 1 heterocycles. The van der Waals surface area contributed by atoms with Crippen molar-refractivity contribution in [2.75, 3.05) is 60.6 Å². The third kappa shape index (κ3) is 9.53. The maximum Gasteiger partial charge on any atom is 0.190 e. The van der Waals surface area contributed by atoms with E-state index in [0.717, 1.165) is 50.3 Å². The number of nitrogens with zero attached hydrogens (tertiary/aromatic N) is 2. The van der Waals surface area contributed by atoms with E-state index < -0.39 is 0 Å². The molecule has 166 valence electrons. The van der Waals surface area contributed by atoms with Crippen molar-refractivity contribution in [1.82, 2.24) is 15.5 Å². The van der Waals surface area contributed by atoms with E-state index in [-0.39, 0.29) is 24.0 Å². The average Bonchev–Trinajstić information content (AvgIpc) is 2.75. The van der Waals surface area contributed by atoms with Gasteiger partial charge in [-0.15, -0.1) is 24.0 Å². The average molecular weight is 518 g/mol. The molecule has 0 amide bonds. The molecular weight excluding hydrogens is 479 g/mol. The summed E-state index contributed by atoms with van der Waals surface area (Å²) in [7, 11) is 5.31. The van der Waals surface area contributed by atoms with Crippen molar-refractivity contribution in [2.24, 2.45) is 10.9 Å². The Kier molecular flexibility index (Phi) is 13.3. The van der Waals surface area contributed by atoms with Crippen molar-refractivity contribution < 1.29 is 9.47 Å².